The van der Waals surface area contributed by atoms with Gasteiger partial charge in [-0.05, 0) is 69.3 Å². The van der Waals surface area contributed by atoms with Crippen LogP contribution in [0.25, 0.3) is 0 Å². The van der Waals surface area contributed by atoms with Crippen LogP contribution in [0.15, 0.2) is 29.3 Å². The lowest BCUT2D eigenvalue weighted by molar-refractivity contribution is 0.324. The van der Waals surface area contributed by atoms with Crippen LogP contribution in [0.4, 0.5) is 5.69 Å². The Hall–Kier alpha value is -1.75. The van der Waals surface area contributed by atoms with Crippen molar-refractivity contribution in [1.29, 1.82) is 0 Å². The average Bonchev–Trinajstić information content (AvgIpc) is 3.37. The molecule has 5 heteroatoms. The van der Waals surface area contributed by atoms with Crippen LogP contribution in [0.2, 0.25) is 0 Å². The van der Waals surface area contributed by atoms with Gasteiger partial charge in [0.15, 0.2) is 5.96 Å². The van der Waals surface area contributed by atoms with E-state index >= 15 is 0 Å². The largest absolute Gasteiger partial charge is 0.372 e. The highest BCUT2D eigenvalue weighted by molar-refractivity contribution is 5.80. The van der Waals surface area contributed by atoms with Gasteiger partial charge >= 0.3 is 0 Å². The summed E-state index contributed by atoms with van der Waals surface area (Å²) in [5.41, 5.74) is 2.67. The lowest BCUT2D eigenvalue weighted by Gasteiger charge is -2.22. The SMILES string of the molecule is CCCN1CCC(CNC(=NC)NC(C)c2cccc(N3CCCC3)c2)C1. The Morgan fingerprint density at radius 1 is 1.26 bits per heavy atom. The molecule has 2 saturated heterocycles. The highest BCUT2D eigenvalue weighted by atomic mass is 15.2. The molecule has 2 heterocycles. The number of hydrogen-bond acceptors (Lipinski definition) is 3. The van der Waals surface area contributed by atoms with Crippen molar-refractivity contribution >= 4 is 11.6 Å². The zero-order valence-electron chi connectivity index (χ0n) is 17.4. The molecule has 1 aromatic rings. The number of guanidine groups is 1. The fraction of sp³-hybridized carbons (Fsp3) is 0.682. The topological polar surface area (TPSA) is 42.9 Å². The molecule has 2 aliphatic rings. The Morgan fingerprint density at radius 2 is 2.07 bits per heavy atom. The molecule has 2 atom stereocenters. The molecule has 5 nitrogen and oxygen atoms in total. The molecule has 2 aliphatic heterocycles. The van der Waals surface area contributed by atoms with Crippen LogP contribution < -0.4 is 15.5 Å². The van der Waals surface area contributed by atoms with Crippen LogP contribution >= 0.6 is 0 Å². The number of hydrogen-bond donors (Lipinski definition) is 2. The van der Waals surface area contributed by atoms with Gasteiger partial charge in [-0.25, -0.2) is 0 Å². The summed E-state index contributed by atoms with van der Waals surface area (Å²) >= 11 is 0. The second kappa shape index (κ2) is 9.98. The Morgan fingerprint density at radius 3 is 2.81 bits per heavy atom. The summed E-state index contributed by atoms with van der Waals surface area (Å²) in [6.07, 6.45) is 5.16. The first kappa shape index (κ1) is 20.0. The monoisotopic (exact) mass is 371 g/mol. The Labute approximate surface area is 165 Å². The lowest BCUT2D eigenvalue weighted by atomic mass is 10.1. The van der Waals surface area contributed by atoms with Gasteiger partial charge in [-0.3, -0.25) is 4.99 Å². The predicted molar refractivity (Wildman–Crippen MR) is 116 cm³/mol. The zero-order chi connectivity index (χ0) is 19.1. The van der Waals surface area contributed by atoms with E-state index in [2.05, 4.69) is 63.5 Å². The average molecular weight is 372 g/mol. The molecule has 2 N–H and O–H groups in total. The van der Waals surface area contributed by atoms with Gasteiger partial charge in [-0.1, -0.05) is 19.1 Å². The number of likely N-dealkylation sites (tertiary alicyclic amines) is 1. The third kappa shape index (κ3) is 5.61. The van der Waals surface area contributed by atoms with E-state index in [1.54, 1.807) is 0 Å². The standard InChI is InChI=1S/C22H37N5/c1-4-11-26-14-10-19(17-26)16-24-22(23-3)25-18(2)20-8-7-9-21(15-20)27-12-5-6-13-27/h7-9,15,18-19H,4-6,10-14,16-17H2,1-3H3,(H2,23,24,25). The van der Waals surface area contributed by atoms with E-state index in [9.17, 15) is 0 Å². The second-order valence-electron chi connectivity index (χ2n) is 8.06. The Bertz CT molecular complexity index is 608. The Balaban J connectivity index is 1.50. The first-order chi connectivity index (χ1) is 13.2. The molecule has 0 amide bonds. The third-order valence-corrected chi connectivity index (χ3v) is 5.89. The van der Waals surface area contributed by atoms with Crippen molar-refractivity contribution in [2.45, 2.75) is 45.6 Å². The van der Waals surface area contributed by atoms with Gasteiger partial charge in [0.25, 0.3) is 0 Å². The van der Waals surface area contributed by atoms with E-state index in [0.717, 1.165) is 18.4 Å². The summed E-state index contributed by atoms with van der Waals surface area (Å²) < 4.78 is 0. The minimum Gasteiger partial charge on any atom is -0.372 e. The van der Waals surface area contributed by atoms with E-state index in [1.165, 1.54) is 69.7 Å². The number of aliphatic imine (C=N–C) groups is 1. The zero-order valence-corrected chi connectivity index (χ0v) is 17.4. The van der Waals surface area contributed by atoms with Crippen molar-refractivity contribution in [3.8, 4) is 0 Å². The van der Waals surface area contributed by atoms with E-state index in [0.29, 0.717) is 0 Å². The van der Waals surface area contributed by atoms with E-state index < -0.39 is 0 Å². The smallest absolute Gasteiger partial charge is 0.191 e. The van der Waals surface area contributed by atoms with E-state index in [-0.39, 0.29) is 6.04 Å². The summed E-state index contributed by atoms with van der Waals surface area (Å²) in [5, 5.41) is 7.11. The van der Waals surface area contributed by atoms with Gasteiger partial charge in [0.05, 0.1) is 6.04 Å². The molecule has 0 radical (unpaired) electrons. The van der Waals surface area contributed by atoms with Crippen molar-refractivity contribution in [1.82, 2.24) is 15.5 Å². The van der Waals surface area contributed by atoms with Crippen molar-refractivity contribution in [2.24, 2.45) is 10.9 Å². The van der Waals surface area contributed by atoms with Crippen molar-refractivity contribution in [3.05, 3.63) is 29.8 Å². The summed E-state index contributed by atoms with van der Waals surface area (Å²) in [6.45, 7) is 11.5. The maximum Gasteiger partial charge on any atom is 0.191 e. The number of benzene rings is 1. The van der Waals surface area contributed by atoms with Crippen molar-refractivity contribution in [3.63, 3.8) is 0 Å². The number of rotatable bonds is 7. The maximum atomic E-state index is 4.44. The molecular weight excluding hydrogens is 334 g/mol. The molecule has 2 fully saturated rings. The summed E-state index contributed by atoms with van der Waals surface area (Å²) in [4.78, 5) is 9.51. The number of nitrogens with zero attached hydrogens (tertiary/aromatic N) is 3. The van der Waals surface area contributed by atoms with Crippen LogP contribution in [0.1, 0.15) is 51.1 Å². The van der Waals surface area contributed by atoms with Gasteiger partial charge in [-0.15, -0.1) is 0 Å². The normalized spacial score (nSPS) is 22.3. The fourth-order valence-corrected chi connectivity index (χ4v) is 4.29. The van der Waals surface area contributed by atoms with Gasteiger partial charge in [0, 0.05) is 38.9 Å². The molecule has 3 rings (SSSR count). The molecular formula is C22H37N5. The van der Waals surface area contributed by atoms with Crippen LogP contribution in [0, 0.1) is 5.92 Å². The highest BCUT2D eigenvalue weighted by Gasteiger charge is 2.22. The second-order valence-corrected chi connectivity index (χ2v) is 8.06. The summed E-state index contributed by atoms with van der Waals surface area (Å²) in [5.74, 6) is 1.63. The van der Waals surface area contributed by atoms with E-state index in [4.69, 9.17) is 0 Å². The first-order valence-corrected chi connectivity index (χ1v) is 10.7. The van der Waals surface area contributed by atoms with Gasteiger partial charge in [-0.2, -0.15) is 0 Å². The van der Waals surface area contributed by atoms with Crippen molar-refractivity contribution < 1.29 is 0 Å². The fourth-order valence-electron chi connectivity index (χ4n) is 4.29. The first-order valence-electron chi connectivity index (χ1n) is 10.7. The number of anilines is 1. The minimum atomic E-state index is 0.235. The van der Waals surface area contributed by atoms with Crippen LogP contribution in [-0.2, 0) is 0 Å². The molecule has 1 aromatic carbocycles. The minimum absolute atomic E-state index is 0.235. The van der Waals surface area contributed by atoms with Crippen molar-refractivity contribution in [2.75, 3.05) is 51.2 Å². The third-order valence-electron chi connectivity index (χ3n) is 5.89. The molecule has 27 heavy (non-hydrogen) atoms. The molecule has 150 valence electrons. The Kier molecular flexibility index (Phi) is 7.39. The summed E-state index contributed by atoms with van der Waals surface area (Å²) in [7, 11) is 1.86. The highest BCUT2D eigenvalue weighted by Crippen LogP contribution is 2.24. The number of nitrogens with one attached hydrogen (secondary N) is 2. The molecule has 0 bridgehead atoms. The van der Waals surface area contributed by atoms with Crippen LogP contribution in [0.5, 0.6) is 0 Å². The van der Waals surface area contributed by atoms with Gasteiger partial charge < -0.3 is 20.4 Å². The quantitative estimate of drug-likeness (QED) is 0.570. The molecule has 0 saturated carbocycles. The molecule has 0 aliphatic carbocycles. The van der Waals surface area contributed by atoms with Gasteiger partial charge in [0.2, 0.25) is 0 Å². The van der Waals surface area contributed by atoms with Crippen LogP contribution in [0.3, 0.4) is 0 Å². The van der Waals surface area contributed by atoms with E-state index in [1.807, 2.05) is 7.05 Å². The lowest BCUT2D eigenvalue weighted by Crippen LogP contribution is -2.41. The molecule has 0 aromatic heterocycles. The molecule has 2 unspecified atom stereocenters. The van der Waals surface area contributed by atoms with Gasteiger partial charge in [0.1, 0.15) is 0 Å². The predicted octanol–water partition coefficient (Wildman–Crippen LogP) is 3.24. The maximum absolute atomic E-state index is 4.44. The molecule has 0 spiro atoms. The summed E-state index contributed by atoms with van der Waals surface area (Å²) in [6, 6.07) is 9.19. The van der Waals surface area contributed by atoms with Crippen LogP contribution in [-0.4, -0.2) is 57.2 Å².